The zero-order valence-corrected chi connectivity index (χ0v) is 46.6. The summed E-state index contributed by atoms with van der Waals surface area (Å²) in [6, 6.07) is -0.634. The van der Waals surface area contributed by atoms with Gasteiger partial charge in [0.2, 0.25) is 5.91 Å². The van der Waals surface area contributed by atoms with Gasteiger partial charge in [-0.05, 0) is 57.8 Å². The van der Waals surface area contributed by atoms with Crippen molar-refractivity contribution in [2.75, 3.05) is 13.2 Å². The number of amides is 1. The Labute approximate surface area is 431 Å². The lowest BCUT2D eigenvalue weighted by Gasteiger charge is -2.20. The first-order valence-corrected chi connectivity index (χ1v) is 31.1. The number of carbonyl (C=O) groups is 2. The Hall–Kier alpha value is -1.66. The lowest BCUT2D eigenvalue weighted by Crippen LogP contribution is -2.45. The van der Waals surface area contributed by atoms with Gasteiger partial charge in [-0.25, -0.2) is 0 Å². The molecule has 6 heteroatoms. The van der Waals surface area contributed by atoms with E-state index in [1.54, 1.807) is 6.08 Å². The monoisotopic (exact) mass is 972 g/mol. The zero-order chi connectivity index (χ0) is 50.0. The van der Waals surface area contributed by atoms with Gasteiger partial charge in [0, 0.05) is 12.8 Å². The van der Waals surface area contributed by atoms with Crippen LogP contribution in [0.1, 0.15) is 341 Å². The van der Waals surface area contributed by atoms with E-state index < -0.39 is 12.1 Å². The van der Waals surface area contributed by atoms with E-state index in [1.807, 2.05) is 6.08 Å². The number of aliphatic hydroxyl groups excluding tert-OH is 2. The molecule has 0 bridgehead atoms. The smallest absolute Gasteiger partial charge is 0.305 e. The molecule has 69 heavy (non-hydrogen) atoms. The third-order valence-corrected chi connectivity index (χ3v) is 14.5. The van der Waals surface area contributed by atoms with Gasteiger partial charge in [0.15, 0.2) is 0 Å². The fourth-order valence-corrected chi connectivity index (χ4v) is 9.69. The molecule has 0 aromatic rings. The van der Waals surface area contributed by atoms with E-state index in [9.17, 15) is 19.8 Å². The summed E-state index contributed by atoms with van der Waals surface area (Å²) < 4.78 is 5.48. The van der Waals surface area contributed by atoms with Gasteiger partial charge >= 0.3 is 5.97 Å². The van der Waals surface area contributed by atoms with Crippen LogP contribution in [0.5, 0.6) is 0 Å². The van der Waals surface area contributed by atoms with Crippen LogP contribution in [-0.4, -0.2) is 47.4 Å². The van der Waals surface area contributed by atoms with Crippen molar-refractivity contribution in [1.29, 1.82) is 0 Å². The molecule has 0 fully saturated rings. The fourth-order valence-electron chi connectivity index (χ4n) is 9.69. The molecule has 0 saturated heterocycles. The van der Waals surface area contributed by atoms with Crippen molar-refractivity contribution in [3.63, 3.8) is 0 Å². The highest BCUT2D eigenvalue weighted by Gasteiger charge is 2.18. The molecule has 3 N–H and O–H groups in total. The van der Waals surface area contributed by atoms with Crippen molar-refractivity contribution in [2.45, 2.75) is 353 Å². The maximum atomic E-state index is 12.5. The van der Waals surface area contributed by atoms with Crippen LogP contribution in [-0.2, 0) is 14.3 Å². The number of unbranched alkanes of at least 4 members (excludes halogenated alkanes) is 45. The maximum Gasteiger partial charge on any atom is 0.305 e. The molecule has 408 valence electrons. The summed E-state index contributed by atoms with van der Waals surface area (Å²) in [7, 11) is 0. The normalized spacial score (nSPS) is 12.7. The summed E-state index contributed by atoms with van der Waals surface area (Å²) in [6.45, 7) is 4.92. The Balaban J connectivity index is 3.45. The van der Waals surface area contributed by atoms with E-state index in [0.29, 0.717) is 19.4 Å². The van der Waals surface area contributed by atoms with Crippen LogP contribution in [0.2, 0.25) is 0 Å². The number of hydrogen-bond donors (Lipinski definition) is 3. The Morgan fingerprint density at radius 1 is 0.391 bits per heavy atom. The van der Waals surface area contributed by atoms with E-state index in [4.69, 9.17) is 4.74 Å². The van der Waals surface area contributed by atoms with Crippen molar-refractivity contribution >= 4 is 11.9 Å². The van der Waals surface area contributed by atoms with Gasteiger partial charge in [-0.3, -0.25) is 9.59 Å². The fraction of sp³-hybridized carbons (Fsp3) is 0.905. The largest absolute Gasteiger partial charge is 0.466 e. The number of hydrogen-bond acceptors (Lipinski definition) is 5. The predicted octanol–water partition coefficient (Wildman–Crippen LogP) is 19.4. The second kappa shape index (κ2) is 58.9. The second-order valence-corrected chi connectivity index (χ2v) is 21.4. The molecule has 0 spiro atoms. The number of nitrogens with one attached hydrogen (secondary N) is 1. The minimum absolute atomic E-state index is 0.00882. The van der Waals surface area contributed by atoms with Crippen molar-refractivity contribution < 1.29 is 24.5 Å². The molecule has 2 unspecified atom stereocenters. The standard InChI is InChI=1S/C63H121NO5/c1-3-5-7-9-11-13-15-17-19-24-28-31-35-39-43-47-51-55-61(66)60(59-65)64-62(67)56-52-48-44-40-36-32-29-25-22-20-21-23-26-30-34-38-42-46-50-54-58-69-63(68)57-53-49-45-41-37-33-27-18-16-14-12-10-8-6-4-2/h20,22,51,55,60-61,65-66H,3-19,21,23-50,52-54,56-59H2,1-2H3,(H,64,67)/b22-20-,55-51+. The number of aliphatic hydroxyl groups is 2. The molecule has 2 atom stereocenters. The molecule has 0 aliphatic carbocycles. The highest BCUT2D eigenvalue weighted by atomic mass is 16.5. The second-order valence-electron chi connectivity index (χ2n) is 21.4. The molecule has 0 rings (SSSR count). The summed E-state index contributed by atoms with van der Waals surface area (Å²) in [4.78, 5) is 24.5. The lowest BCUT2D eigenvalue weighted by molar-refractivity contribution is -0.143. The molecular weight excluding hydrogens is 851 g/mol. The predicted molar refractivity (Wildman–Crippen MR) is 301 cm³/mol. The van der Waals surface area contributed by atoms with Crippen LogP contribution in [0, 0.1) is 0 Å². The number of ether oxygens (including phenoxy) is 1. The van der Waals surface area contributed by atoms with Gasteiger partial charge < -0.3 is 20.3 Å². The number of esters is 1. The van der Waals surface area contributed by atoms with E-state index in [2.05, 4.69) is 31.3 Å². The first kappa shape index (κ1) is 67.3. The average molecular weight is 973 g/mol. The van der Waals surface area contributed by atoms with Crippen LogP contribution in [0.3, 0.4) is 0 Å². The lowest BCUT2D eigenvalue weighted by atomic mass is 10.0. The van der Waals surface area contributed by atoms with Crippen molar-refractivity contribution in [3.05, 3.63) is 24.3 Å². The van der Waals surface area contributed by atoms with Gasteiger partial charge in [0.1, 0.15) is 0 Å². The van der Waals surface area contributed by atoms with Crippen molar-refractivity contribution in [3.8, 4) is 0 Å². The molecule has 0 aliphatic heterocycles. The third-order valence-electron chi connectivity index (χ3n) is 14.5. The summed E-state index contributed by atoms with van der Waals surface area (Å²) >= 11 is 0. The SMILES string of the molecule is CCCCCCCCCCCCCCCCC/C=C/C(O)C(CO)NC(=O)CCCCCCCCC/C=C\CCCCCCCCCCCOC(=O)CCCCCCCCCCCCCCCCC. The number of allylic oxidation sites excluding steroid dienone is 3. The Kier molecular flexibility index (Phi) is 57.5. The highest BCUT2D eigenvalue weighted by Crippen LogP contribution is 2.17. The maximum absolute atomic E-state index is 12.5. The van der Waals surface area contributed by atoms with Crippen LogP contribution in [0.4, 0.5) is 0 Å². The molecule has 0 aliphatic rings. The summed E-state index contributed by atoms with van der Waals surface area (Å²) in [5.74, 6) is -0.0656. The summed E-state index contributed by atoms with van der Waals surface area (Å²) in [5, 5.41) is 23.1. The minimum Gasteiger partial charge on any atom is -0.466 e. The van der Waals surface area contributed by atoms with Gasteiger partial charge in [-0.2, -0.15) is 0 Å². The van der Waals surface area contributed by atoms with Crippen molar-refractivity contribution in [2.24, 2.45) is 0 Å². The Morgan fingerprint density at radius 3 is 1.03 bits per heavy atom. The summed E-state index contributed by atoms with van der Waals surface area (Å²) in [5.41, 5.74) is 0. The van der Waals surface area contributed by atoms with E-state index in [-0.39, 0.29) is 18.5 Å². The van der Waals surface area contributed by atoms with Crippen LogP contribution in [0.25, 0.3) is 0 Å². The average Bonchev–Trinajstić information content (AvgIpc) is 3.35. The topological polar surface area (TPSA) is 95.9 Å². The zero-order valence-electron chi connectivity index (χ0n) is 46.6. The van der Waals surface area contributed by atoms with E-state index >= 15 is 0 Å². The number of carbonyl (C=O) groups excluding carboxylic acids is 2. The molecule has 0 radical (unpaired) electrons. The molecule has 0 heterocycles. The van der Waals surface area contributed by atoms with Crippen molar-refractivity contribution in [1.82, 2.24) is 5.32 Å². The Morgan fingerprint density at radius 2 is 0.681 bits per heavy atom. The van der Waals surface area contributed by atoms with Gasteiger partial charge in [-0.1, -0.05) is 295 Å². The first-order valence-electron chi connectivity index (χ1n) is 31.1. The minimum atomic E-state index is -0.850. The van der Waals surface area contributed by atoms with Crippen LogP contribution in [0.15, 0.2) is 24.3 Å². The molecule has 0 aromatic heterocycles. The molecule has 1 amide bonds. The molecule has 0 aromatic carbocycles. The quantitative estimate of drug-likeness (QED) is 0.0321. The van der Waals surface area contributed by atoms with Gasteiger partial charge in [0.05, 0.1) is 25.4 Å². The third kappa shape index (κ3) is 55.5. The number of rotatable bonds is 58. The Bertz CT molecular complexity index is 1080. The molecular formula is C63H121NO5. The van der Waals surface area contributed by atoms with Gasteiger partial charge in [-0.15, -0.1) is 0 Å². The highest BCUT2D eigenvalue weighted by molar-refractivity contribution is 5.76. The first-order chi connectivity index (χ1) is 34.0. The van der Waals surface area contributed by atoms with E-state index in [0.717, 1.165) is 44.9 Å². The van der Waals surface area contributed by atoms with E-state index in [1.165, 1.54) is 270 Å². The van der Waals surface area contributed by atoms with Crippen LogP contribution < -0.4 is 5.32 Å². The van der Waals surface area contributed by atoms with Crippen LogP contribution >= 0.6 is 0 Å². The van der Waals surface area contributed by atoms with Gasteiger partial charge in [0.25, 0.3) is 0 Å². The summed E-state index contributed by atoms with van der Waals surface area (Å²) in [6.07, 6.45) is 72.1. The molecule has 0 saturated carbocycles. The molecule has 6 nitrogen and oxygen atoms in total.